The summed E-state index contributed by atoms with van der Waals surface area (Å²) in [7, 11) is 2.13. The van der Waals surface area contributed by atoms with Gasteiger partial charge in [-0.15, -0.1) is 0 Å². The van der Waals surface area contributed by atoms with E-state index in [4.69, 9.17) is 9.97 Å². The van der Waals surface area contributed by atoms with Crippen LogP contribution in [0.25, 0.3) is 5.57 Å². The molecular formula is C23H25N7S2. The summed E-state index contributed by atoms with van der Waals surface area (Å²) in [5, 5.41) is 4.63. The minimum Gasteiger partial charge on any atom is -0.338 e. The Morgan fingerprint density at radius 1 is 1.09 bits per heavy atom. The fraction of sp³-hybridized carbons (Fsp3) is 0.217. The first-order chi connectivity index (χ1) is 15.6. The van der Waals surface area contributed by atoms with E-state index in [1.165, 1.54) is 23.1 Å². The highest BCUT2D eigenvalue weighted by molar-refractivity contribution is 7.99. The zero-order chi connectivity index (χ0) is 22.3. The fourth-order valence-corrected chi connectivity index (χ4v) is 4.72. The quantitative estimate of drug-likeness (QED) is 0.481. The minimum atomic E-state index is 0.487. The van der Waals surface area contributed by atoms with Crippen molar-refractivity contribution in [2.75, 3.05) is 43.4 Å². The summed E-state index contributed by atoms with van der Waals surface area (Å²) in [4.78, 5) is 25.2. The molecule has 32 heavy (non-hydrogen) atoms. The van der Waals surface area contributed by atoms with Crippen molar-refractivity contribution in [3.63, 3.8) is 0 Å². The third-order valence-electron chi connectivity index (χ3n) is 4.87. The fourth-order valence-electron chi connectivity index (χ4n) is 3.13. The molecule has 1 aromatic carbocycles. The third-order valence-corrected chi connectivity index (χ3v) is 6.70. The number of nitrogens with zero attached hydrogens (tertiary/aromatic N) is 6. The number of hydrogen-bond donors (Lipinski definition) is 1. The zero-order valence-corrected chi connectivity index (χ0v) is 19.6. The lowest BCUT2D eigenvalue weighted by molar-refractivity contribution is 0.311. The molecule has 0 saturated carbocycles. The molecule has 3 aromatic rings. The molecular weight excluding hydrogens is 438 g/mol. The van der Waals surface area contributed by atoms with Crippen LogP contribution >= 0.6 is 23.1 Å². The Bertz CT molecular complexity index is 1100. The highest BCUT2D eigenvalue weighted by atomic mass is 32.2. The smallest absolute Gasteiger partial charge is 0.234 e. The van der Waals surface area contributed by atoms with E-state index >= 15 is 0 Å². The summed E-state index contributed by atoms with van der Waals surface area (Å²) in [6, 6.07) is 10.1. The Morgan fingerprint density at radius 2 is 1.88 bits per heavy atom. The molecule has 0 atom stereocenters. The van der Waals surface area contributed by atoms with E-state index in [1.807, 2.05) is 42.6 Å². The highest BCUT2D eigenvalue weighted by Crippen LogP contribution is 2.30. The number of hydrogen-bond acceptors (Lipinski definition) is 9. The molecule has 1 fully saturated rings. The van der Waals surface area contributed by atoms with E-state index in [2.05, 4.69) is 45.3 Å². The molecule has 1 aliphatic heterocycles. The predicted octanol–water partition coefficient (Wildman–Crippen LogP) is 4.73. The van der Waals surface area contributed by atoms with Crippen LogP contribution in [0.15, 0.2) is 78.0 Å². The zero-order valence-electron chi connectivity index (χ0n) is 17.9. The molecule has 1 saturated heterocycles. The maximum absolute atomic E-state index is 4.75. The van der Waals surface area contributed by atoms with E-state index < -0.39 is 0 Å². The second-order valence-corrected chi connectivity index (χ2v) is 9.23. The molecule has 9 heteroatoms. The molecule has 2 aromatic heterocycles. The van der Waals surface area contributed by atoms with Crippen molar-refractivity contribution < 1.29 is 0 Å². The molecule has 3 heterocycles. The van der Waals surface area contributed by atoms with Crippen molar-refractivity contribution in [3.8, 4) is 0 Å². The van der Waals surface area contributed by atoms with Gasteiger partial charge in [0.15, 0.2) is 10.3 Å². The molecule has 164 valence electrons. The van der Waals surface area contributed by atoms with Gasteiger partial charge in [0.25, 0.3) is 0 Å². The van der Waals surface area contributed by atoms with Gasteiger partial charge in [0.1, 0.15) is 0 Å². The largest absolute Gasteiger partial charge is 0.338 e. The number of rotatable bonds is 8. The number of allylic oxidation sites excluding steroid dienone is 4. The van der Waals surface area contributed by atoms with Crippen molar-refractivity contribution in [2.45, 2.75) is 10.1 Å². The normalized spacial score (nSPS) is 14.9. The summed E-state index contributed by atoms with van der Waals surface area (Å²) in [6.45, 7) is 11.3. The highest BCUT2D eigenvalue weighted by Gasteiger charge is 2.19. The van der Waals surface area contributed by atoms with Gasteiger partial charge in [-0.2, -0.15) is 15.0 Å². The molecule has 7 nitrogen and oxygen atoms in total. The van der Waals surface area contributed by atoms with Crippen LogP contribution in [0.5, 0.6) is 0 Å². The van der Waals surface area contributed by atoms with Crippen LogP contribution in [0.4, 0.5) is 17.0 Å². The van der Waals surface area contributed by atoms with Crippen molar-refractivity contribution in [2.24, 2.45) is 0 Å². The van der Waals surface area contributed by atoms with E-state index in [1.54, 1.807) is 12.2 Å². The average molecular weight is 464 g/mol. The van der Waals surface area contributed by atoms with Crippen LogP contribution in [0.3, 0.4) is 0 Å². The minimum absolute atomic E-state index is 0.487. The van der Waals surface area contributed by atoms with E-state index in [9.17, 15) is 0 Å². The lowest BCUT2D eigenvalue weighted by atomic mass is 10.2. The lowest BCUT2D eigenvalue weighted by Crippen LogP contribution is -2.45. The van der Waals surface area contributed by atoms with Gasteiger partial charge in [-0.3, -0.25) is 5.32 Å². The monoisotopic (exact) mass is 463 g/mol. The first kappa shape index (κ1) is 22.2. The summed E-state index contributed by atoms with van der Waals surface area (Å²) >= 11 is 3.04. The predicted molar refractivity (Wildman–Crippen MR) is 134 cm³/mol. The van der Waals surface area contributed by atoms with E-state index in [0.717, 1.165) is 41.5 Å². The maximum atomic E-state index is 4.75. The van der Waals surface area contributed by atoms with Gasteiger partial charge >= 0.3 is 0 Å². The second kappa shape index (κ2) is 10.5. The van der Waals surface area contributed by atoms with Gasteiger partial charge in [-0.25, -0.2) is 4.98 Å². The molecule has 0 unspecified atom stereocenters. The standard InChI is InChI=1S/C23H25N7S2/c1-4-9-17(5-2)19-16-24-22(32-19)26-20-25-21(30-14-12-29(3)13-15-30)28-23(27-20)31-18-10-7-6-8-11-18/h4-11,16H,1-2,12-15H2,3H3,(H,24,25,26,27,28)/b17-9+. The molecule has 0 spiro atoms. The average Bonchev–Trinajstić information content (AvgIpc) is 3.26. The summed E-state index contributed by atoms with van der Waals surface area (Å²) in [5.41, 5.74) is 0.972. The number of aromatic nitrogens is 4. The first-order valence-electron chi connectivity index (χ1n) is 10.3. The summed E-state index contributed by atoms with van der Waals surface area (Å²) in [6.07, 6.45) is 7.26. The Balaban J connectivity index is 1.61. The van der Waals surface area contributed by atoms with Crippen LogP contribution in [0.1, 0.15) is 4.88 Å². The number of piperazine rings is 1. The molecule has 4 rings (SSSR count). The molecule has 1 aliphatic rings. The van der Waals surface area contributed by atoms with Crippen molar-refractivity contribution in [3.05, 3.63) is 72.8 Å². The molecule has 0 radical (unpaired) electrons. The second-order valence-electron chi connectivity index (χ2n) is 7.16. The van der Waals surface area contributed by atoms with Gasteiger partial charge in [-0.1, -0.05) is 60.9 Å². The molecule has 0 amide bonds. The van der Waals surface area contributed by atoms with Crippen molar-refractivity contribution >= 4 is 45.7 Å². The van der Waals surface area contributed by atoms with Crippen molar-refractivity contribution in [1.82, 2.24) is 24.8 Å². The Kier molecular flexibility index (Phi) is 7.31. The summed E-state index contributed by atoms with van der Waals surface area (Å²) < 4.78 is 0. The van der Waals surface area contributed by atoms with Crippen LogP contribution in [0.2, 0.25) is 0 Å². The van der Waals surface area contributed by atoms with Crippen LogP contribution < -0.4 is 10.2 Å². The van der Waals surface area contributed by atoms with Gasteiger partial charge in [-0.05, 0) is 36.5 Å². The van der Waals surface area contributed by atoms with Gasteiger partial charge < -0.3 is 9.80 Å². The lowest BCUT2D eigenvalue weighted by Gasteiger charge is -2.32. The SMILES string of the molecule is C=C/C=C(\C=C)c1cnc(Nc2nc(Sc3ccccc3)nc(N3CCN(C)CC3)n2)s1. The number of likely N-dealkylation sites (N-methyl/N-ethyl adjacent to an activating group) is 1. The van der Waals surface area contributed by atoms with Crippen molar-refractivity contribution in [1.29, 1.82) is 0 Å². The first-order valence-corrected chi connectivity index (χ1v) is 11.9. The topological polar surface area (TPSA) is 70.1 Å². The van der Waals surface area contributed by atoms with E-state index in [0.29, 0.717) is 22.2 Å². The Morgan fingerprint density at radius 3 is 2.59 bits per heavy atom. The number of benzene rings is 1. The molecule has 0 bridgehead atoms. The van der Waals surface area contributed by atoms with Crippen LogP contribution in [-0.4, -0.2) is 58.1 Å². The van der Waals surface area contributed by atoms with E-state index in [-0.39, 0.29) is 0 Å². The number of anilines is 3. The Labute approximate surface area is 196 Å². The number of nitrogens with one attached hydrogen (secondary N) is 1. The summed E-state index contributed by atoms with van der Waals surface area (Å²) in [5.74, 6) is 1.17. The third kappa shape index (κ3) is 5.61. The van der Waals surface area contributed by atoms with Gasteiger partial charge in [0.05, 0.1) is 4.88 Å². The van der Waals surface area contributed by atoms with Gasteiger partial charge in [0.2, 0.25) is 11.9 Å². The van der Waals surface area contributed by atoms with Crippen LogP contribution in [-0.2, 0) is 0 Å². The van der Waals surface area contributed by atoms with Crippen LogP contribution in [0, 0.1) is 0 Å². The molecule has 0 aliphatic carbocycles. The Hall–Kier alpha value is -3.01. The van der Waals surface area contributed by atoms with Gasteiger partial charge in [0, 0.05) is 37.3 Å². The molecule has 1 N–H and O–H groups in total. The number of thiazole rings is 1. The maximum Gasteiger partial charge on any atom is 0.234 e.